The molecule has 0 bridgehead atoms. The quantitative estimate of drug-likeness (QED) is 0.600. The Kier molecular flexibility index (Phi) is 4.13. The third kappa shape index (κ3) is 3.14. The van der Waals surface area contributed by atoms with E-state index in [9.17, 15) is 13.6 Å². The lowest BCUT2D eigenvalue weighted by Crippen LogP contribution is -2.18. The molecular formula is C14H14F2N4O. The van der Waals surface area contributed by atoms with E-state index >= 15 is 0 Å². The lowest BCUT2D eigenvalue weighted by molar-refractivity contribution is 0.102. The fourth-order valence-electron chi connectivity index (χ4n) is 1.79. The van der Waals surface area contributed by atoms with E-state index in [2.05, 4.69) is 15.7 Å². The van der Waals surface area contributed by atoms with Crippen molar-refractivity contribution >= 4 is 17.3 Å². The molecule has 1 heterocycles. The first kappa shape index (κ1) is 14.9. The first-order valence-electron chi connectivity index (χ1n) is 6.12. The molecule has 1 amide bonds. The van der Waals surface area contributed by atoms with Crippen molar-refractivity contribution in [1.82, 2.24) is 4.98 Å². The SMILES string of the molecule is Cc1cc(NN)c(C(=O)Nc2cc(F)c(C)cc2F)cn1. The molecule has 0 aliphatic rings. The van der Waals surface area contributed by atoms with Gasteiger partial charge >= 0.3 is 0 Å². The number of nitrogens with two attached hydrogens (primary N) is 1. The second-order valence-corrected chi connectivity index (χ2v) is 4.55. The Hall–Kier alpha value is -2.54. The fraction of sp³-hybridized carbons (Fsp3) is 0.143. The summed E-state index contributed by atoms with van der Waals surface area (Å²) < 4.78 is 27.2. The average Bonchev–Trinajstić information content (AvgIpc) is 2.44. The molecule has 0 fully saturated rings. The van der Waals surface area contributed by atoms with E-state index in [-0.39, 0.29) is 16.8 Å². The molecule has 0 spiro atoms. The minimum Gasteiger partial charge on any atom is -0.323 e. The Morgan fingerprint density at radius 3 is 2.52 bits per heavy atom. The van der Waals surface area contributed by atoms with Crippen LogP contribution in [0.15, 0.2) is 24.4 Å². The molecular weight excluding hydrogens is 278 g/mol. The van der Waals surface area contributed by atoms with E-state index in [1.54, 1.807) is 13.0 Å². The molecule has 0 radical (unpaired) electrons. The first-order chi connectivity index (χ1) is 9.92. The van der Waals surface area contributed by atoms with Gasteiger partial charge in [0.15, 0.2) is 0 Å². The highest BCUT2D eigenvalue weighted by molar-refractivity contribution is 6.07. The normalized spacial score (nSPS) is 10.3. The van der Waals surface area contributed by atoms with Crippen LogP contribution in [0.2, 0.25) is 0 Å². The molecule has 5 nitrogen and oxygen atoms in total. The number of benzene rings is 1. The summed E-state index contributed by atoms with van der Waals surface area (Å²) in [4.78, 5) is 16.1. The lowest BCUT2D eigenvalue weighted by atomic mass is 10.1. The summed E-state index contributed by atoms with van der Waals surface area (Å²) in [7, 11) is 0. The van der Waals surface area contributed by atoms with Crippen LogP contribution >= 0.6 is 0 Å². The van der Waals surface area contributed by atoms with Crippen LogP contribution in [0.25, 0.3) is 0 Å². The fourth-order valence-corrected chi connectivity index (χ4v) is 1.79. The third-order valence-electron chi connectivity index (χ3n) is 2.94. The van der Waals surface area contributed by atoms with Gasteiger partial charge in [0.25, 0.3) is 5.91 Å². The highest BCUT2D eigenvalue weighted by Crippen LogP contribution is 2.21. The molecule has 0 unspecified atom stereocenters. The number of carbonyl (C=O) groups is 1. The number of hydrogen-bond acceptors (Lipinski definition) is 4. The van der Waals surface area contributed by atoms with Gasteiger partial charge in [0, 0.05) is 18.0 Å². The number of rotatable bonds is 3. The number of nitrogen functional groups attached to an aromatic ring is 1. The van der Waals surface area contributed by atoms with Crippen molar-refractivity contribution in [3.63, 3.8) is 0 Å². The van der Waals surface area contributed by atoms with Gasteiger partial charge in [-0.3, -0.25) is 15.6 Å². The van der Waals surface area contributed by atoms with E-state index in [0.717, 1.165) is 12.1 Å². The minimum absolute atomic E-state index is 0.128. The van der Waals surface area contributed by atoms with Crippen LogP contribution in [0.4, 0.5) is 20.2 Å². The zero-order chi connectivity index (χ0) is 15.6. The van der Waals surface area contributed by atoms with Gasteiger partial charge in [-0.25, -0.2) is 8.78 Å². The maximum Gasteiger partial charge on any atom is 0.259 e. The van der Waals surface area contributed by atoms with Gasteiger partial charge in [-0.1, -0.05) is 0 Å². The molecule has 0 atom stereocenters. The van der Waals surface area contributed by atoms with E-state index in [1.807, 2.05) is 0 Å². The second kappa shape index (κ2) is 5.84. The summed E-state index contributed by atoms with van der Waals surface area (Å²) in [5, 5.41) is 2.30. The van der Waals surface area contributed by atoms with Crippen LogP contribution in [0.3, 0.4) is 0 Å². The molecule has 1 aromatic heterocycles. The number of hydrogen-bond donors (Lipinski definition) is 3. The average molecular weight is 292 g/mol. The predicted molar refractivity (Wildman–Crippen MR) is 75.8 cm³/mol. The summed E-state index contributed by atoms with van der Waals surface area (Å²) in [6.07, 6.45) is 1.31. The van der Waals surface area contributed by atoms with Crippen LogP contribution < -0.4 is 16.6 Å². The molecule has 7 heteroatoms. The van der Waals surface area contributed by atoms with Gasteiger partial charge < -0.3 is 10.7 Å². The van der Waals surface area contributed by atoms with Crippen molar-refractivity contribution < 1.29 is 13.6 Å². The summed E-state index contributed by atoms with van der Waals surface area (Å²) >= 11 is 0. The molecule has 1 aromatic carbocycles. The van der Waals surface area contributed by atoms with E-state index in [4.69, 9.17) is 5.84 Å². The van der Waals surface area contributed by atoms with Crippen LogP contribution in [0.5, 0.6) is 0 Å². The van der Waals surface area contributed by atoms with E-state index in [1.165, 1.54) is 13.1 Å². The van der Waals surface area contributed by atoms with Gasteiger partial charge in [0.1, 0.15) is 11.6 Å². The van der Waals surface area contributed by atoms with Crippen molar-refractivity contribution in [2.75, 3.05) is 10.7 Å². The molecule has 21 heavy (non-hydrogen) atoms. The van der Waals surface area contributed by atoms with E-state index < -0.39 is 17.5 Å². The Balaban J connectivity index is 2.32. The second-order valence-electron chi connectivity index (χ2n) is 4.55. The molecule has 0 saturated carbocycles. The third-order valence-corrected chi connectivity index (χ3v) is 2.94. The topological polar surface area (TPSA) is 80.0 Å². The Bertz CT molecular complexity index is 704. The zero-order valence-corrected chi connectivity index (χ0v) is 11.5. The number of aryl methyl sites for hydroxylation is 2. The summed E-state index contributed by atoms with van der Waals surface area (Å²) in [5.74, 6) is 3.37. The number of halogens is 2. The smallest absolute Gasteiger partial charge is 0.259 e. The number of pyridine rings is 1. The predicted octanol–water partition coefficient (Wildman–Crippen LogP) is 2.51. The molecule has 2 rings (SSSR count). The maximum absolute atomic E-state index is 13.7. The Morgan fingerprint density at radius 2 is 1.86 bits per heavy atom. The number of nitrogens with one attached hydrogen (secondary N) is 2. The molecule has 0 aliphatic heterocycles. The number of anilines is 2. The Morgan fingerprint density at radius 1 is 1.14 bits per heavy atom. The highest BCUT2D eigenvalue weighted by atomic mass is 19.1. The van der Waals surface area contributed by atoms with Gasteiger partial charge in [-0.15, -0.1) is 0 Å². The monoisotopic (exact) mass is 292 g/mol. The number of amides is 1. The minimum atomic E-state index is -0.718. The van der Waals surface area contributed by atoms with Gasteiger partial charge in [0.05, 0.1) is 16.9 Å². The van der Waals surface area contributed by atoms with Gasteiger partial charge in [0.2, 0.25) is 0 Å². The van der Waals surface area contributed by atoms with Gasteiger partial charge in [-0.2, -0.15) is 0 Å². The van der Waals surface area contributed by atoms with Crippen LogP contribution in [-0.2, 0) is 0 Å². The van der Waals surface area contributed by atoms with Crippen LogP contribution in [0, 0.1) is 25.5 Å². The van der Waals surface area contributed by atoms with Crippen LogP contribution in [0.1, 0.15) is 21.6 Å². The van der Waals surface area contributed by atoms with E-state index in [0.29, 0.717) is 11.4 Å². The summed E-state index contributed by atoms with van der Waals surface area (Å²) in [6, 6.07) is 3.52. The number of nitrogens with zero attached hydrogens (tertiary/aromatic N) is 1. The van der Waals surface area contributed by atoms with Crippen molar-refractivity contribution in [2.45, 2.75) is 13.8 Å². The first-order valence-corrected chi connectivity index (χ1v) is 6.12. The lowest BCUT2D eigenvalue weighted by Gasteiger charge is -2.11. The van der Waals surface area contributed by atoms with Crippen molar-refractivity contribution in [2.24, 2.45) is 5.84 Å². The number of aromatic nitrogens is 1. The maximum atomic E-state index is 13.7. The molecule has 0 saturated heterocycles. The van der Waals surface area contributed by atoms with Crippen molar-refractivity contribution in [3.05, 3.63) is 52.9 Å². The van der Waals surface area contributed by atoms with Crippen molar-refractivity contribution in [1.29, 1.82) is 0 Å². The summed E-state index contributed by atoms with van der Waals surface area (Å²) in [6.45, 7) is 3.17. The van der Waals surface area contributed by atoms with Gasteiger partial charge in [-0.05, 0) is 31.5 Å². The molecule has 2 aromatic rings. The standard InChI is InChI=1S/C14H14F2N4O/c1-7-3-11(16)13(5-10(7)15)19-14(21)9-6-18-8(2)4-12(9)20-17/h3-6H,17H2,1-2H3,(H,18,20)(H,19,21). The zero-order valence-electron chi connectivity index (χ0n) is 11.5. The Labute approximate surface area is 120 Å². The summed E-state index contributed by atoms with van der Waals surface area (Å²) in [5.41, 5.74) is 3.41. The molecule has 110 valence electrons. The van der Waals surface area contributed by atoms with Crippen LogP contribution in [-0.4, -0.2) is 10.9 Å². The highest BCUT2D eigenvalue weighted by Gasteiger charge is 2.15. The largest absolute Gasteiger partial charge is 0.323 e. The van der Waals surface area contributed by atoms with Crippen molar-refractivity contribution in [3.8, 4) is 0 Å². The molecule has 0 aliphatic carbocycles. The molecule has 4 N–H and O–H groups in total. The number of hydrazine groups is 1. The number of carbonyl (C=O) groups excluding carboxylic acids is 1.